The van der Waals surface area contributed by atoms with Crippen LogP contribution in [-0.4, -0.2) is 0 Å². The van der Waals surface area contributed by atoms with E-state index in [4.69, 9.17) is 5.26 Å². The molecule has 0 aromatic rings. The van der Waals surface area contributed by atoms with E-state index < -0.39 is 0 Å². The van der Waals surface area contributed by atoms with Gasteiger partial charge in [-0.2, -0.15) is 5.26 Å². The van der Waals surface area contributed by atoms with Crippen molar-refractivity contribution in [3.63, 3.8) is 0 Å². The molecule has 0 aromatic carbocycles. The Morgan fingerprint density at radius 3 is 2.64 bits per heavy atom. The van der Waals surface area contributed by atoms with Gasteiger partial charge >= 0.3 is 0 Å². The number of nitrogens with zero attached hydrogens (tertiary/aromatic N) is 1. The molecule has 0 amide bonds. The van der Waals surface area contributed by atoms with Crippen LogP contribution in [0.2, 0.25) is 0 Å². The quantitative estimate of drug-likeness (QED) is 0.323. The van der Waals surface area contributed by atoms with Crippen molar-refractivity contribution in [2.24, 2.45) is 0 Å². The second kappa shape index (κ2) is 7.08. The lowest BCUT2D eigenvalue weighted by atomic mass is 10.1. The molecule has 1 nitrogen and oxygen atoms in total. The summed E-state index contributed by atoms with van der Waals surface area (Å²) in [5.41, 5.74) is 0.698. The van der Waals surface area contributed by atoms with Gasteiger partial charge in [-0.3, -0.25) is 0 Å². The monoisotopic (exact) mass is 149 g/mol. The Morgan fingerprint density at radius 1 is 1.36 bits per heavy atom. The van der Waals surface area contributed by atoms with Gasteiger partial charge in [0.05, 0.1) is 6.07 Å². The first-order valence-electron chi connectivity index (χ1n) is 4.00. The first kappa shape index (κ1) is 9.97. The average Bonchev–Trinajstić information content (AvgIpc) is 2.04. The van der Waals surface area contributed by atoms with Gasteiger partial charge in [-0.15, -0.1) is 6.58 Å². The van der Waals surface area contributed by atoms with Crippen molar-refractivity contribution >= 4 is 0 Å². The molecule has 11 heavy (non-hydrogen) atoms. The first-order valence-corrected chi connectivity index (χ1v) is 4.00. The van der Waals surface area contributed by atoms with Crippen LogP contribution < -0.4 is 0 Å². The van der Waals surface area contributed by atoms with Gasteiger partial charge in [-0.25, -0.2) is 0 Å². The van der Waals surface area contributed by atoms with Crippen LogP contribution in [-0.2, 0) is 0 Å². The minimum Gasteiger partial charge on any atom is -0.193 e. The van der Waals surface area contributed by atoms with Gasteiger partial charge in [0.1, 0.15) is 0 Å². The molecular formula is C10H15N. The number of unbranched alkanes of at least 4 members (excludes halogenated alkanes) is 3. The summed E-state index contributed by atoms with van der Waals surface area (Å²) < 4.78 is 0. The number of hydrogen-bond acceptors (Lipinski definition) is 1. The van der Waals surface area contributed by atoms with Gasteiger partial charge < -0.3 is 0 Å². The van der Waals surface area contributed by atoms with Crippen molar-refractivity contribution in [2.45, 2.75) is 32.1 Å². The summed E-state index contributed by atoms with van der Waals surface area (Å²) in [7, 11) is 0. The SMILES string of the molecule is C=CCCCCCC(=C)C#N. The van der Waals surface area contributed by atoms with Crippen molar-refractivity contribution in [3.05, 3.63) is 24.8 Å². The molecule has 0 rings (SSSR count). The number of rotatable bonds is 6. The summed E-state index contributed by atoms with van der Waals surface area (Å²) in [6.45, 7) is 7.25. The van der Waals surface area contributed by atoms with E-state index in [0.717, 1.165) is 19.3 Å². The number of nitriles is 1. The van der Waals surface area contributed by atoms with Gasteiger partial charge in [0.15, 0.2) is 0 Å². The fourth-order valence-corrected chi connectivity index (χ4v) is 0.860. The molecule has 0 unspecified atom stereocenters. The van der Waals surface area contributed by atoms with Gasteiger partial charge in [-0.1, -0.05) is 19.1 Å². The molecule has 0 radical (unpaired) electrons. The average molecular weight is 149 g/mol. The highest BCUT2D eigenvalue weighted by Gasteiger charge is 1.91. The third-order valence-electron chi connectivity index (χ3n) is 1.54. The Balaban J connectivity index is 3.09. The van der Waals surface area contributed by atoms with Crippen LogP contribution in [0.4, 0.5) is 0 Å². The van der Waals surface area contributed by atoms with E-state index in [9.17, 15) is 0 Å². The third kappa shape index (κ3) is 6.86. The van der Waals surface area contributed by atoms with Crippen LogP contribution in [0.5, 0.6) is 0 Å². The lowest BCUT2D eigenvalue weighted by Gasteiger charge is -1.95. The van der Waals surface area contributed by atoms with Crippen LogP contribution in [0.1, 0.15) is 32.1 Å². The Hall–Kier alpha value is -1.03. The number of hydrogen-bond donors (Lipinski definition) is 0. The predicted molar refractivity (Wildman–Crippen MR) is 48.0 cm³/mol. The normalized spacial score (nSPS) is 8.64. The zero-order chi connectivity index (χ0) is 8.53. The lowest BCUT2D eigenvalue weighted by molar-refractivity contribution is 0.690. The standard InChI is InChI=1S/C10H15N/c1-3-4-5-6-7-8-10(2)9-11/h3H,1-2,4-8H2. The zero-order valence-electron chi connectivity index (χ0n) is 6.97. The predicted octanol–water partition coefficient (Wildman–Crippen LogP) is 3.20. The van der Waals surface area contributed by atoms with Gasteiger partial charge in [0.25, 0.3) is 0 Å². The van der Waals surface area contributed by atoms with Crippen molar-refractivity contribution in [1.82, 2.24) is 0 Å². The Kier molecular flexibility index (Phi) is 6.42. The van der Waals surface area contributed by atoms with Gasteiger partial charge in [0, 0.05) is 5.57 Å². The summed E-state index contributed by atoms with van der Waals surface area (Å²) in [5, 5.41) is 8.37. The maximum atomic E-state index is 8.37. The molecule has 0 N–H and O–H groups in total. The van der Waals surface area contributed by atoms with Gasteiger partial charge in [0.2, 0.25) is 0 Å². The summed E-state index contributed by atoms with van der Waals surface area (Å²) in [6.07, 6.45) is 7.31. The molecule has 0 aliphatic rings. The molecule has 0 aliphatic heterocycles. The van der Waals surface area contributed by atoms with E-state index in [1.54, 1.807) is 0 Å². The molecule has 0 atom stereocenters. The fourth-order valence-electron chi connectivity index (χ4n) is 0.860. The van der Waals surface area contributed by atoms with Crippen molar-refractivity contribution in [2.75, 3.05) is 0 Å². The van der Waals surface area contributed by atoms with E-state index in [-0.39, 0.29) is 0 Å². The van der Waals surface area contributed by atoms with Crippen LogP contribution in [0, 0.1) is 11.3 Å². The van der Waals surface area contributed by atoms with Crippen molar-refractivity contribution in [3.8, 4) is 6.07 Å². The minimum atomic E-state index is 0.698. The van der Waals surface area contributed by atoms with Crippen LogP contribution in [0.25, 0.3) is 0 Å². The first-order chi connectivity index (χ1) is 5.31. The van der Waals surface area contributed by atoms with Crippen LogP contribution in [0.3, 0.4) is 0 Å². The summed E-state index contributed by atoms with van der Waals surface area (Å²) in [4.78, 5) is 0. The van der Waals surface area contributed by atoms with E-state index in [2.05, 4.69) is 13.2 Å². The second-order valence-electron chi connectivity index (χ2n) is 2.60. The maximum absolute atomic E-state index is 8.37. The van der Waals surface area contributed by atoms with E-state index in [1.807, 2.05) is 12.1 Å². The van der Waals surface area contributed by atoms with E-state index in [1.165, 1.54) is 12.8 Å². The molecule has 0 heterocycles. The Labute approximate surface area is 69.0 Å². The highest BCUT2D eigenvalue weighted by Crippen LogP contribution is 2.07. The van der Waals surface area contributed by atoms with E-state index in [0.29, 0.717) is 5.57 Å². The molecule has 0 aliphatic carbocycles. The summed E-state index contributed by atoms with van der Waals surface area (Å²) >= 11 is 0. The molecular weight excluding hydrogens is 134 g/mol. The van der Waals surface area contributed by atoms with Crippen molar-refractivity contribution < 1.29 is 0 Å². The van der Waals surface area contributed by atoms with Crippen LogP contribution in [0.15, 0.2) is 24.8 Å². The minimum absolute atomic E-state index is 0.698. The fraction of sp³-hybridized carbons (Fsp3) is 0.500. The molecule has 0 spiro atoms. The summed E-state index contributed by atoms with van der Waals surface area (Å²) in [5.74, 6) is 0. The van der Waals surface area contributed by atoms with E-state index >= 15 is 0 Å². The van der Waals surface area contributed by atoms with Gasteiger partial charge in [-0.05, 0) is 25.7 Å². The largest absolute Gasteiger partial charge is 0.193 e. The maximum Gasteiger partial charge on any atom is 0.0940 e. The highest BCUT2D eigenvalue weighted by molar-refractivity contribution is 5.14. The molecule has 1 heteroatoms. The smallest absolute Gasteiger partial charge is 0.0940 e. The van der Waals surface area contributed by atoms with Crippen molar-refractivity contribution in [1.29, 1.82) is 5.26 Å². The molecule has 0 fully saturated rings. The molecule has 0 saturated carbocycles. The molecule has 0 aromatic heterocycles. The zero-order valence-corrected chi connectivity index (χ0v) is 6.97. The topological polar surface area (TPSA) is 23.8 Å². The molecule has 0 bridgehead atoms. The molecule has 0 saturated heterocycles. The molecule has 60 valence electrons. The highest BCUT2D eigenvalue weighted by atomic mass is 14.2. The third-order valence-corrected chi connectivity index (χ3v) is 1.54. The second-order valence-corrected chi connectivity index (χ2v) is 2.60. The number of allylic oxidation sites excluding steroid dienone is 2. The Morgan fingerprint density at radius 2 is 2.09 bits per heavy atom. The summed E-state index contributed by atoms with van der Waals surface area (Å²) in [6, 6.07) is 2.04. The Bertz CT molecular complexity index is 162. The lowest BCUT2D eigenvalue weighted by Crippen LogP contribution is -1.79. The van der Waals surface area contributed by atoms with Crippen LogP contribution >= 0.6 is 0 Å².